The highest BCUT2D eigenvalue weighted by Crippen LogP contribution is 2.29. The number of para-hydroxylation sites is 1. The minimum atomic E-state index is -3.68. The lowest BCUT2D eigenvalue weighted by Crippen LogP contribution is -2.13. The number of benzene rings is 3. The molecule has 0 amide bonds. The second-order valence-electron chi connectivity index (χ2n) is 8.00. The van der Waals surface area contributed by atoms with E-state index in [1.807, 2.05) is 42.5 Å². The average Bonchev–Trinajstić information content (AvgIpc) is 2.85. The van der Waals surface area contributed by atoms with Gasteiger partial charge in [-0.15, -0.1) is 0 Å². The van der Waals surface area contributed by atoms with Crippen molar-refractivity contribution in [3.8, 4) is 17.0 Å². The third-order valence-corrected chi connectivity index (χ3v) is 6.69. The average molecular weight is 475 g/mol. The lowest BCUT2D eigenvalue weighted by atomic mass is 10.0. The summed E-state index contributed by atoms with van der Waals surface area (Å²) in [7, 11) is -2.06. The van der Waals surface area contributed by atoms with Crippen molar-refractivity contribution in [2.45, 2.75) is 24.7 Å². The maximum atomic E-state index is 12.7. The van der Waals surface area contributed by atoms with Crippen LogP contribution in [0, 0.1) is 0 Å². The number of methoxy groups -OCH3 is 1. The van der Waals surface area contributed by atoms with Gasteiger partial charge in [0, 0.05) is 23.1 Å². The Bertz CT molecular complexity index is 1370. The molecule has 3 aromatic carbocycles. The molecule has 0 radical (unpaired) electrons. The van der Waals surface area contributed by atoms with Crippen LogP contribution in [-0.2, 0) is 10.0 Å². The molecule has 0 unspecified atom stereocenters. The summed E-state index contributed by atoms with van der Waals surface area (Å²) < 4.78 is 33.5. The lowest BCUT2D eigenvalue weighted by molar-refractivity contribution is 0.416. The van der Waals surface area contributed by atoms with Gasteiger partial charge in [0.2, 0.25) is 5.95 Å². The summed E-state index contributed by atoms with van der Waals surface area (Å²) in [6, 6.07) is 23.3. The van der Waals surface area contributed by atoms with Crippen molar-refractivity contribution >= 4 is 27.3 Å². The van der Waals surface area contributed by atoms with Gasteiger partial charge in [-0.3, -0.25) is 4.72 Å². The second-order valence-corrected chi connectivity index (χ2v) is 9.68. The number of sulfonamides is 1. The number of hydrogen-bond donors (Lipinski definition) is 2. The van der Waals surface area contributed by atoms with Gasteiger partial charge in [-0.05, 0) is 66.1 Å². The molecule has 0 atom stereocenters. The summed E-state index contributed by atoms with van der Waals surface area (Å²) >= 11 is 0. The van der Waals surface area contributed by atoms with Crippen molar-refractivity contribution in [1.29, 1.82) is 0 Å². The Balaban J connectivity index is 1.47. The molecule has 0 aliphatic heterocycles. The summed E-state index contributed by atoms with van der Waals surface area (Å²) in [4.78, 5) is 9.08. The first-order valence-electron chi connectivity index (χ1n) is 10.8. The van der Waals surface area contributed by atoms with E-state index in [-0.39, 0.29) is 4.90 Å². The van der Waals surface area contributed by atoms with Gasteiger partial charge in [0.1, 0.15) is 5.75 Å². The topological polar surface area (TPSA) is 93.2 Å². The standard InChI is InChI=1S/C26H26N4O3S/c1-18(2)19-8-14-22(15-9-19)34(31,32)30-21-12-10-20(11-13-21)28-26-27-17-16-24(29-26)23-6-4-5-7-25(23)33-3/h4-18,30H,1-3H3,(H,27,28,29). The maximum absolute atomic E-state index is 12.7. The number of nitrogens with one attached hydrogen (secondary N) is 2. The van der Waals surface area contributed by atoms with E-state index in [1.54, 1.807) is 49.7 Å². The van der Waals surface area contributed by atoms with Crippen LogP contribution >= 0.6 is 0 Å². The lowest BCUT2D eigenvalue weighted by Gasteiger charge is -2.11. The van der Waals surface area contributed by atoms with Crippen LogP contribution in [0.5, 0.6) is 5.75 Å². The number of hydrogen-bond acceptors (Lipinski definition) is 6. The fourth-order valence-corrected chi connectivity index (χ4v) is 4.48. The third-order valence-electron chi connectivity index (χ3n) is 5.29. The van der Waals surface area contributed by atoms with Gasteiger partial charge in [0.25, 0.3) is 10.0 Å². The molecule has 7 nitrogen and oxygen atoms in total. The predicted molar refractivity (Wildman–Crippen MR) is 135 cm³/mol. The molecule has 0 aliphatic carbocycles. The van der Waals surface area contributed by atoms with Crippen molar-refractivity contribution in [1.82, 2.24) is 9.97 Å². The van der Waals surface area contributed by atoms with E-state index in [1.165, 1.54) is 0 Å². The van der Waals surface area contributed by atoms with E-state index in [4.69, 9.17) is 4.74 Å². The highest BCUT2D eigenvalue weighted by Gasteiger charge is 2.15. The monoisotopic (exact) mass is 474 g/mol. The van der Waals surface area contributed by atoms with Crippen LogP contribution in [0.1, 0.15) is 25.3 Å². The van der Waals surface area contributed by atoms with E-state index in [0.717, 1.165) is 28.3 Å². The van der Waals surface area contributed by atoms with Gasteiger partial charge < -0.3 is 10.1 Å². The molecule has 0 fully saturated rings. The SMILES string of the molecule is COc1ccccc1-c1ccnc(Nc2ccc(NS(=O)(=O)c3ccc(C(C)C)cc3)cc2)n1. The fraction of sp³-hybridized carbons (Fsp3) is 0.154. The molecule has 34 heavy (non-hydrogen) atoms. The van der Waals surface area contributed by atoms with Gasteiger partial charge in [-0.25, -0.2) is 18.4 Å². The van der Waals surface area contributed by atoms with Crippen molar-refractivity contribution in [3.05, 3.63) is 90.6 Å². The van der Waals surface area contributed by atoms with E-state index in [0.29, 0.717) is 17.6 Å². The summed E-state index contributed by atoms with van der Waals surface area (Å²) in [6.45, 7) is 4.13. The number of anilines is 3. The maximum Gasteiger partial charge on any atom is 0.261 e. The van der Waals surface area contributed by atoms with Gasteiger partial charge in [0.05, 0.1) is 17.7 Å². The summed E-state index contributed by atoms with van der Waals surface area (Å²) in [5.41, 5.74) is 3.86. The van der Waals surface area contributed by atoms with Crippen LogP contribution in [0.3, 0.4) is 0 Å². The molecule has 0 saturated carbocycles. The molecular formula is C26H26N4O3S. The Hall–Kier alpha value is -3.91. The molecule has 2 N–H and O–H groups in total. The van der Waals surface area contributed by atoms with Crippen molar-refractivity contribution in [3.63, 3.8) is 0 Å². The second kappa shape index (κ2) is 9.93. The molecule has 0 bridgehead atoms. The summed E-state index contributed by atoms with van der Waals surface area (Å²) in [5, 5.41) is 3.15. The molecule has 4 rings (SSSR count). The van der Waals surface area contributed by atoms with Gasteiger partial charge in [-0.2, -0.15) is 0 Å². The molecule has 0 aliphatic rings. The first kappa shape index (κ1) is 23.3. The van der Waals surface area contributed by atoms with Crippen LogP contribution in [-0.4, -0.2) is 25.5 Å². The number of nitrogens with zero attached hydrogens (tertiary/aromatic N) is 2. The van der Waals surface area contributed by atoms with E-state index in [2.05, 4.69) is 33.9 Å². The van der Waals surface area contributed by atoms with Crippen molar-refractivity contribution in [2.75, 3.05) is 17.1 Å². The van der Waals surface area contributed by atoms with Gasteiger partial charge >= 0.3 is 0 Å². The minimum absolute atomic E-state index is 0.223. The molecule has 174 valence electrons. The van der Waals surface area contributed by atoms with Crippen LogP contribution in [0.15, 0.2) is 90.0 Å². The Morgan fingerprint density at radius 2 is 1.53 bits per heavy atom. The zero-order chi connectivity index (χ0) is 24.1. The fourth-order valence-electron chi connectivity index (χ4n) is 3.42. The highest BCUT2D eigenvalue weighted by atomic mass is 32.2. The molecule has 1 aromatic heterocycles. The van der Waals surface area contributed by atoms with Crippen molar-refractivity contribution in [2.24, 2.45) is 0 Å². The predicted octanol–water partition coefficient (Wildman–Crippen LogP) is 5.82. The number of aromatic nitrogens is 2. The Morgan fingerprint density at radius 3 is 2.21 bits per heavy atom. The first-order valence-corrected chi connectivity index (χ1v) is 12.3. The quantitative estimate of drug-likeness (QED) is 0.334. The summed E-state index contributed by atoms with van der Waals surface area (Å²) in [6.07, 6.45) is 1.67. The number of rotatable bonds is 8. The molecule has 0 spiro atoms. The third kappa shape index (κ3) is 5.35. The molecule has 4 aromatic rings. The smallest absolute Gasteiger partial charge is 0.261 e. The van der Waals surface area contributed by atoms with Crippen LogP contribution in [0.4, 0.5) is 17.3 Å². The first-order chi connectivity index (χ1) is 16.4. The molecule has 1 heterocycles. The van der Waals surface area contributed by atoms with Crippen molar-refractivity contribution < 1.29 is 13.2 Å². The Kier molecular flexibility index (Phi) is 6.79. The molecule has 8 heteroatoms. The van der Waals surface area contributed by atoms with Gasteiger partial charge in [-0.1, -0.05) is 38.1 Å². The Morgan fingerprint density at radius 1 is 0.853 bits per heavy atom. The van der Waals surface area contributed by atoms with Crippen LogP contribution in [0.25, 0.3) is 11.3 Å². The normalized spacial score (nSPS) is 11.3. The summed E-state index contributed by atoms with van der Waals surface area (Å²) in [5.74, 6) is 1.48. The zero-order valence-corrected chi connectivity index (χ0v) is 20.0. The Labute approximate surface area is 199 Å². The largest absolute Gasteiger partial charge is 0.496 e. The van der Waals surface area contributed by atoms with Crippen LogP contribution < -0.4 is 14.8 Å². The van der Waals surface area contributed by atoms with Gasteiger partial charge in [0.15, 0.2) is 0 Å². The molecule has 0 saturated heterocycles. The van der Waals surface area contributed by atoms with E-state index < -0.39 is 10.0 Å². The molecular weight excluding hydrogens is 448 g/mol. The minimum Gasteiger partial charge on any atom is -0.496 e. The zero-order valence-electron chi connectivity index (χ0n) is 19.2. The highest BCUT2D eigenvalue weighted by molar-refractivity contribution is 7.92. The number of ether oxygens (including phenoxy) is 1. The van der Waals surface area contributed by atoms with E-state index >= 15 is 0 Å². The van der Waals surface area contributed by atoms with E-state index in [9.17, 15) is 8.42 Å². The van der Waals surface area contributed by atoms with Crippen LogP contribution in [0.2, 0.25) is 0 Å².